The van der Waals surface area contributed by atoms with Crippen molar-refractivity contribution >= 4 is 44.3 Å². The Bertz CT molecular complexity index is 2310. The summed E-state index contributed by atoms with van der Waals surface area (Å²) in [5, 5.41) is 5.22. The Kier molecular flexibility index (Phi) is 5.20. The van der Waals surface area contributed by atoms with Gasteiger partial charge >= 0.3 is 0 Å². The van der Waals surface area contributed by atoms with Gasteiger partial charge in [-0.1, -0.05) is 121 Å². The lowest BCUT2D eigenvalue weighted by atomic mass is 9.92. The Morgan fingerprint density at radius 3 is 1.98 bits per heavy atom. The normalized spacial score (nSPS) is 12.2. The summed E-state index contributed by atoms with van der Waals surface area (Å²) in [4.78, 5) is 2.66. The average molecular weight is 552 g/mol. The summed E-state index contributed by atoms with van der Waals surface area (Å²) in [5.41, 5.74) is 11.3. The van der Waals surface area contributed by atoms with Crippen LogP contribution in [0.2, 0.25) is 0 Å². The molecule has 0 fully saturated rings. The van der Waals surface area contributed by atoms with Gasteiger partial charge < -0.3 is 4.57 Å². The minimum atomic E-state index is 1.17. The SMILES string of the molecule is c1ccc(-c2ccc(-n3c4ccccc4c4cc(-c5ccc6c7c(cccc57)-c5ccccc5S6)ccc43)cc2)cc1. The Labute approximate surface area is 248 Å². The van der Waals surface area contributed by atoms with Crippen molar-refractivity contribution in [3.8, 4) is 39.1 Å². The molecule has 0 saturated heterocycles. The average Bonchev–Trinajstić information content (AvgIpc) is 3.39. The van der Waals surface area contributed by atoms with Gasteiger partial charge in [-0.2, -0.15) is 0 Å². The van der Waals surface area contributed by atoms with E-state index in [1.165, 1.54) is 81.4 Å². The highest BCUT2D eigenvalue weighted by atomic mass is 32.2. The van der Waals surface area contributed by atoms with Gasteiger partial charge in [0.05, 0.1) is 11.0 Å². The molecule has 2 heteroatoms. The van der Waals surface area contributed by atoms with Crippen molar-refractivity contribution in [1.29, 1.82) is 0 Å². The van der Waals surface area contributed by atoms with Crippen molar-refractivity contribution < 1.29 is 0 Å². The molecule has 1 aromatic heterocycles. The highest BCUT2D eigenvalue weighted by molar-refractivity contribution is 7.99. The first-order chi connectivity index (χ1) is 20.8. The molecule has 1 aliphatic rings. The number of fused-ring (bicyclic) bond motifs is 5. The number of aromatic nitrogens is 1. The van der Waals surface area contributed by atoms with Crippen LogP contribution in [0.1, 0.15) is 0 Å². The molecule has 1 nitrogen and oxygen atoms in total. The van der Waals surface area contributed by atoms with E-state index in [4.69, 9.17) is 0 Å². The second-order valence-electron chi connectivity index (χ2n) is 10.9. The molecular formula is C40H25NS. The first kappa shape index (κ1) is 23.6. The van der Waals surface area contributed by atoms with Crippen molar-refractivity contribution in [3.05, 3.63) is 152 Å². The lowest BCUT2D eigenvalue weighted by molar-refractivity contribution is 1.18. The number of nitrogens with zero attached hydrogens (tertiary/aromatic N) is 1. The van der Waals surface area contributed by atoms with Crippen molar-refractivity contribution in [2.24, 2.45) is 0 Å². The molecule has 0 aliphatic carbocycles. The number of hydrogen-bond donors (Lipinski definition) is 0. The van der Waals surface area contributed by atoms with E-state index < -0.39 is 0 Å². The molecule has 1 aliphatic heterocycles. The maximum Gasteiger partial charge on any atom is 0.0541 e. The van der Waals surface area contributed by atoms with Gasteiger partial charge in [-0.3, -0.25) is 0 Å². The fourth-order valence-corrected chi connectivity index (χ4v) is 7.81. The monoisotopic (exact) mass is 551 g/mol. The molecule has 9 rings (SSSR count). The van der Waals surface area contributed by atoms with Crippen LogP contribution in [-0.4, -0.2) is 4.57 Å². The van der Waals surface area contributed by atoms with Crippen LogP contribution in [0, 0.1) is 0 Å². The number of rotatable bonds is 3. The summed E-state index contributed by atoms with van der Waals surface area (Å²) in [7, 11) is 0. The highest BCUT2D eigenvalue weighted by Gasteiger charge is 2.21. The van der Waals surface area contributed by atoms with Crippen LogP contribution in [0.4, 0.5) is 0 Å². The summed E-state index contributed by atoms with van der Waals surface area (Å²) in [6, 6.07) is 55.4. The fraction of sp³-hybridized carbons (Fsp3) is 0. The summed E-state index contributed by atoms with van der Waals surface area (Å²) in [6.07, 6.45) is 0. The van der Waals surface area contributed by atoms with Crippen molar-refractivity contribution in [2.45, 2.75) is 9.79 Å². The summed E-state index contributed by atoms with van der Waals surface area (Å²) < 4.78 is 2.40. The molecule has 196 valence electrons. The van der Waals surface area contributed by atoms with E-state index in [1.54, 1.807) is 0 Å². The molecule has 8 aromatic rings. The molecule has 0 N–H and O–H groups in total. The van der Waals surface area contributed by atoms with Crippen LogP contribution in [-0.2, 0) is 0 Å². The zero-order valence-electron chi connectivity index (χ0n) is 22.8. The van der Waals surface area contributed by atoms with Crippen molar-refractivity contribution in [3.63, 3.8) is 0 Å². The molecular weight excluding hydrogens is 527 g/mol. The van der Waals surface area contributed by atoms with Gasteiger partial charge in [0.2, 0.25) is 0 Å². The van der Waals surface area contributed by atoms with Crippen LogP contribution in [0.25, 0.3) is 71.6 Å². The van der Waals surface area contributed by atoms with Gasteiger partial charge in [0.1, 0.15) is 0 Å². The largest absolute Gasteiger partial charge is 0.309 e. The number of hydrogen-bond acceptors (Lipinski definition) is 1. The first-order valence-corrected chi connectivity index (χ1v) is 15.2. The fourth-order valence-electron chi connectivity index (χ4n) is 6.68. The molecule has 42 heavy (non-hydrogen) atoms. The maximum absolute atomic E-state index is 2.40. The third-order valence-electron chi connectivity index (χ3n) is 8.62. The van der Waals surface area contributed by atoms with Crippen LogP contribution < -0.4 is 0 Å². The predicted molar refractivity (Wildman–Crippen MR) is 179 cm³/mol. The third-order valence-corrected chi connectivity index (χ3v) is 9.75. The van der Waals surface area contributed by atoms with E-state index in [-0.39, 0.29) is 0 Å². The standard InChI is InChI=1S/C40H25NS/c1-2-9-26(10-3-1)27-17-20-29(21-18-27)41-36-15-6-4-11-31(36)35-25-28(19-23-37(35)41)30-22-24-39-40-33(30)13-8-14-34(40)32-12-5-7-16-38(32)42-39/h1-25H. The van der Waals surface area contributed by atoms with Crippen molar-refractivity contribution in [2.75, 3.05) is 0 Å². The second kappa shape index (κ2) is 9.24. The number of para-hydroxylation sites is 1. The summed E-state index contributed by atoms with van der Waals surface area (Å²) >= 11 is 1.88. The van der Waals surface area contributed by atoms with E-state index in [9.17, 15) is 0 Å². The molecule has 0 atom stereocenters. The zero-order chi connectivity index (χ0) is 27.6. The Morgan fingerprint density at radius 2 is 1.07 bits per heavy atom. The van der Waals surface area contributed by atoms with Crippen LogP contribution in [0.15, 0.2) is 161 Å². The zero-order valence-corrected chi connectivity index (χ0v) is 23.6. The Hall–Kier alpha value is -5.05. The summed E-state index contributed by atoms with van der Waals surface area (Å²) in [6.45, 7) is 0. The predicted octanol–water partition coefficient (Wildman–Crippen LogP) is 11.4. The molecule has 7 aromatic carbocycles. The molecule has 0 bridgehead atoms. The van der Waals surface area contributed by atoms with Crippen LogP contribution in [0.3, 0.4) is 0 Å². The quantitative estimate of drug-likeness (QED) is 0.211. The first-order valence-electron chi connectivity index (χ1n) is 14.4. The molecule has 0 radical (unpaired) electrons. The highest BCUT2D eigenvalue weighted by Crippen LogP contribution is 2.49. The van der Waals surface area contributed by atoms with Gasteiger partial charge in [0.25, 0.3) is 0 Å². The van der Waals surface area contributed by atoms with Crippen molar-refractivity contribution in [1.82, 2.24) is 4.57 Å². The van der Waals surface area contributed by atoms with E-state index >= 15 is 0 Å². The van der Waals surface area contributed by atoms with Gasteiger partial charge in [-0.05, 0) is 81.2 Å². The Balaban J connectivity index is 1.22. The molecule has 0 saturated carbocycles. The van der Waals surface area contributed by atoms with Gasteiger partial charge in [-0.25, -0.2) is 0 Å². The number of benzene rings is 7. The van der Waals surface area contributed by atoms with Gasteiger partial charge in [0, 0.05) is 31.6 Å². The minimum absolute atomic E-state index is 1.17. The van der Waals surface area contributed by atoms with Gasteiger partial charge in [0.15, 0.2) is 0 Å². The van der Waals surface area contributed by atoms with E-state index in [0.717, 1.165) is 0 Å². The lowest BCUT2D eigenvalue weighted by Crippen LogP contribution is -1.94. The van der Waals surface area contributed by atoms with Crippen LogP contribution >= 0.6 is 11.8 Å². The maximum atomic E-state index is 2.40. The van der Waals surface area contributed by atoms with Crippen LogP contribution in [0.5, 0.6) is 0 Å². The second-order valence-corrected chi connectivity index (χ2v) is 12.0. The lowest BCUT2D eigenvalue weighted by Gasteiger charge is -2.21. The molecule has 0 unspecified atom stereocenters. The third kappa shape index (κ3) is 3.52. The Morgan fingerprint density at radius 1 is 0.381 bits per heavy atom. The molecule has 0 spiro atoms. The molecule has 0 amide bonds. The smallest absolute Gasteiger partial charge is 0.0541 e. The van der Waals surface area contributed by atoms with E-state index in [0.29, 0.717) is 0 Å². The summed E-state index contributed by atoms with van der Waals surface area (Å²) in [5.74, 6) is 0. The van der Waals surface area contributed by atoms with E-state index in [1.807, 2.05) is 11.8 Å². The minimum Gasteiger partial charge on any atom is -0.309 e. The topological polar surface area (TPSA) is 4.93 Å². The molecule has 2 heterocycles. The van der Waals surface area contributed by atoms with E-state index in [2.05, 4.69) is 156 Å². The van der Waals surface area contributed by atoms with Gasteiger partial charge in [-0.15, -0.1) is 0 Å².